The molecule has 0 heterocycles. The summed E-state index contributed by atoms with van der Waals surface area (Å²) < 4.78 is 0. The van der Waals surface area contributed by atoms with E-state index in [1.165, 1.54) is 33.4 Å². The SMILES string of the molecule is C(=C\C1(/C=C/c2ccccc2)c2ccccc2-c2ccccc21)/c1ccccc1. The minimum absolute atomic E-state index is 0.293. The van der Waals surface area contributed by atoms with Gasteiger partial charge in [0.2, 0.25) is 0 Å². The minimum Gasteiger partial charge on any atom is -0.0652 e. The standard InChI is InChI=1S/C29H22/c1-3-11-23(12-4-1)19-21-29(22-20-24-13-5-2-6-14-24)27-17-9-7-15-25(27)26-16-8-10-18-28(26)29/h1-22H/b21-19+,22-20+. The highest BCUT2D eigenvalue weighted by Gasteiger charge is 2.38. The lowest BCUT2D eigenvalue weighted by Gasteiger charge is -2.25. The average Bonchev–Trinajstić information content (AvgIpc) is 3.08. The lowest BCUT2D eigenvalue weighted by Crippen LogP contribution is -2.19. The molecule has 29 heavy (non-hydrogen) atoms. The molecule has 0 fully saturated rings. The maximum atomic E-state index is 2.35. The smallest absolute Gasteiger partial charge is 0.0581 e. The zero-order valence-corrected chi connectivity index (χ0v) is 16.2. The van der Waals surface area contributed by atoms with E-state index in [0.29, 0.717) is 0 Å². The summed E-state index contributed by atoms with van der Waals surface area (Å²) in [4.78, 5) is 0. The summed E-state index contributed by atoms with van der Waals surface area (Å²) in [5, 5.41) is 0. The second kappa shape index (κ2) is 7.41. The fourth-order valence-corrected chi connectivity index (χ4v) is 4.30. The summed E-state index contributed by atoms with van der Waals surface area (Å²) in [6.45, 7) is 0. The summed E-state index contributed by atoms with van der Waals surface area (Å²) in [6, 6.07) is 38.6. The van der Waals surface area contributed by atoms with Gasteiger partial charge >= 0.3 is 0 Å². The lowest BCUT2D eigenvalue weighted by molar-refractivity contribution is 0.853. The molecule has 0 aliphatic heterocycles. The van der Waals surface area contributed by atoms with Gasteiger partial charge in [-0.05, 0) is 33.4 Å². The van der Waals surface area contributed by atoms with Crippen molar-refractivity contribution in [3.05, 3.63) is 144 Å². The van der Waals surface area contributed by atoms with Crippen LogP contribution in [0.5, 0.6) is 0 Å². The van der Waals surface area contributed by atoms with Gasteiger partial charge in [-0.2, -0.15) is 0 Å². The van der Waals surface area contributed by atoms with Crippen molar-refractivity contribution in [3.8, 4) is 11.1 Å². The maximum Gasteiger partial charge on any atom is 0.0581 e. The molecule has 0 atom stereocenters. The first-order valence-corrected chi connectivity index (χ1v) is 10.0. The van der Waals surface area contributed by atoms with Crippen LogP contribution in [-0.4, -0.2) is 0 Å². The maximum absolute atomic E-state index is 2.35. The summed E-state index contributed by atoms with van der Waals surface area (Å²) in [6.07, 6.45) is 9.20. The first-order valence-electron chi connectivity index (χ1n) is 10.0. The third-order valence-corrected chi connectivity index (χ3v) is 5.71. The third-order valence-electron chi connectivity index (χ3n) is 5.71. The van der Waals surface area contributed by atoms with E-state index in [-0.39, 0.29) is 5.41 Å². The van der Waals surface area contributed by atoms with E-state index in [1.807, 2.05) is 0 Å². The molecule has 0 nitrogen and oxygen atoms in total. The zero-order chi connectivity index (χ0) is 19.5. The molecule has 0 N–H and O–H groups in total. The van der Waals surface area contributed by atoms with Crippen molar-refractivity contribution in [3.63, 3.8) is 0 Å². The molecule has 0 heteroatoms. The Morgan fingerprint density at radius 1 is 0.414 bits per heavy atom. The topological polar surface area (TPSA) is 0 Å². The molecule has 0 unspecified atom stereocenters. The van der Waals surface area contributed by atoms with Crippen molar-refractivity contribution in [2.45, 2.75) is 5.41 Å². The molecule has 0 saturated heterocycles. The average molecular weight is 370 g/mol. The van der Waals surface area contributed by atoms with Gasteiger partial charge in [0, 0.05) is 0 Å². The second-order valence-electron chi connectivity index (χ2n) is 7.45. The van der Waals surface area contributed by atoms with Crippen LogP contribution in [0.15, 0.2) is 121 Å². The highest BCUT2D eigenvalue weighted by atomic mass is 14.4. The van der Waals surface area contributed by atoms with Gasteiger partial charge in [0.25, 0.3) is 0 Å². The molecule has 1 aliphatic rings. The van der Waals surface area contributed by atoms with Crippen molar-refractivity contribution >= 4 is 12.2 Å². The number of benzene rings is 4. The van der Waals surface area contributed by atoms with Crippen LogP contribution in [0.2, 0.25) is 0 Å². The molecule has 0 saturated carbocycles. The Hall–Kier alpha value is -3.64. The van der Waals surface area contributed by atoms with Crippen molar-refractivity contribution in [2.75, 3.05) is 0 Å². The predicted molar refractivity (Wildman–Crippen MR) is 124 cm³/mol. The van der Waals surface area contributed by atoms with Crippen LogP contribution in [0.25, 0.3) is 23.3 Å². The third kappa shape index (κ3) is 3.13. The Labute approximate surface area is 172 Å². The molecule has 4 aromatic carbocycles. The van der Waals surface area contributed by atoms with Crippen LogP contribution in [0.3, 0.4) is 0 Å². The number of hydrogen-bond donors (Lipinski definition) is 0. The number of hydrogen-bond acceptors (Lipinski definition) is 0. The van der Waals surface area contributed by atoms with Crippen LogP contribution in [0.4, 0.5) is 0 Å². The first kappa shape index (κ1) is 17.5. The quantitative estimate of drug-likeness (QED) is 0.351. The number of fused-ring (bicyclic) bond motifs is 3. The molecular weight excluding hydrogens is 348 g/mol. The lowest BCUT2D eigenvalue weighted by atomic mass is 9.77. The van der Waals surface area contributed by atoms with E-state index >= 15 is 0 Å². The van der Waals surface area contributed by atoms with Crippen LogP contribution in [0, 0.1) is 0 Å². The largest absolute Gasteiger partial charge is 0.0652 e. The fourth-order valence-electron chi connectivity index (χ4n) is 4.30. The Morgan fingerprint density at radius 2 is 0.793 bits per heavy atom. The summed E-state index contributed by atoms with van der Waals surface area (Å²) >= 11 is 0. The van der Waals surface area contributed by atoms with Crippen molar-refractivity contribution in [1.29, 1.82) is 0 Å². The van der Waals surface area contributed by atoms with Gasteiger partial charge in [-0.15, -0.1) is 0 Å². The Morgan fingerprint density at radius 3 is 1.24 bits per heavy atom. The van der Waals surface area contributed by atoms with E-state index in [9.17, 15) is 0 Å². The van der Waals surface area contributed by atoms with Crippen LogP contribution in [-0.2, 0) is 5.41 Å². The highest BCUT2D eigenvalue weighted by Crippen LogP contribution is 2.51. The molecule has 0 amide bonds. The van der Waals surface area contributed by atoms with E-state index in [1.54, 1.807) is 0 Å². The van der Waals surface area contributed by atoms with Crippen LogP contribution >= 0.6 is 0 Å². The van der Waals surface area contributed by atoms with Gasteiger partial charge in [0.05, 0.1) is 5.41 Å². The fraction of sp³-hybridized carbons (Fsp3) is 0.0345. The van der Waals surface area contributed by atoms with Crippen molar-refractivity contribution in [1.82, 2.24) is 0 Å². The summed E-state index contributed by atoms with van der Waals surface area (Å²) in [7, 11) is 0. The molecule has 4 aromatic rings. The van der Waals surface area contributed by atoms with E-state index < -0.39 is 0 Å². The first-order chi connectivity index (χ1) is 14.4. The Bertz CT molecular complexity index is 1080. The summed E-state index contributed by atoms with van der Waals surface area (Å²) in [5.74, 6) is 0. The van der Waals surface area contributed by atoms with Crippen molar-refractivity contribution < 1.29 is 0 Å². The van der Waals surface area contributed by atoms with E-state index in [4.69, 9.17) is 0 Å². The van der Waals surface area contributed by atoms with E-state index in [2.05, 4.69) is 133 Å². The molecule has 5 rings (SSSR count). The van der Waals surface area contributed by atoms with Gasteiger partial charge in [0.1, 0.15) is 0 Å². The van der Waals surface area contributed by atoms with Crippen LogP contribution in [0.1, 0.15) is 22.3 Å². The number of allylic oxidation sites excluding steroid dienone is 2. The van der Waals surface area contributed by atoms with Crippen molar-refractivity contribution in [2.24, 2.45) is 0 Å². The molecule has 0 bridgehead atoms. The van der Waals surface area contributed by atoms with Gasteiger partial charge in [0.15, 0.2) is 0 Å². The highest BCUT2D eigenvalue weighted by molar-refractivity contribution is 5.85. The van der Waals surface area contributed by atoms with Crippen LogP contribution < -0.4 is 0 Å². The van der Waals surface area contributed by atoms with Gasteiger partial charge in [-0.3, -0.25) is 0 Å². The normalized spacial score (nSPS) is 14.2. The monoisotopic (exact) mass is 370 g/mol. The van der Waals surface area contributed by atoms with Gasteiger partial charge in [-0.25, -0.2) is 0 Å². The predicted octanol–water partition coefficient (Wildman–Crippen LogP) is 7.38. The number of rotatable bonds is 4. The van der Waals surface area contributed by atoms with E-state index in [0.717, 1.165) is 0 Å². The molecule has 1 aliphatic carbocycles. The molecule has 0 spiro atoms. The summed E-state index contributed by atoms with van der Waals surface area (Å²) in [5.41, 5.74) is 7.43. The second-order valence-corrected chi connectivity index (χ2v) is 7.45. The van der Waals surface area contributed by atoms with Gasteiger partial charge in [-0.1, -0.05) is 133 Å². The van der Waals surface area contributed by atoms with Gasteiger partial charge < -0.3 is 0 Å². The Kier molecular flexibility index (Phi) is 4.46. The molecule has 0 radical (unpaired) electrons. The zero-order valence-electron chi connectivity index (χ0n) is 16.2. The molecular formula is C29H22. The Balaban J connectivity index is 1.73. The molecule has 0 aromatic heterocycles. The molecule has 138 valence electrons. The minimum atomic E-state index is -0.293.